The van der Waals surface area contributed by atoms with E-state index in [0.717, 1.165) is 29.8 Å². The zero-order valence-electron chi connectivity index (χ0n) is 10.2. The van der Waals surface area contributed by atoms with Gasteiger partial charge < -0.3 is 16.2 Å². The van der Waals surface area contributed by atoms with Crippen molar-refractivity contribution in [3.8, 4) is 0 Å². The van der Waals surface area contributed by atoms with Crippen LogP contribution < -0.4 is 11.1 Å². The van der Waals surface area contributed by atoms with Crippen LogP contribution in [0.5, 0.6) is 0 Å². The first-order chi connectivity index (χ1) is 8.11. The maximum atomic E-state index is 10.3. The fraction of sp³-hybridized carbons (Fsp3) is 0.462. The Morgan fingerprint density at radius 2 is 2.29 bits per heavy atom. The van der Waals surface area contributed by atoms with E-state index in [9.17, 15) is 4.79 Å². The van der Waals surface area contributed by atoms with E-state index in [2.05, 4.69) is 17.5 Å². The summed E-state index contributed by atoms with van der Waals surface area (Å²) < 4.78 is 0. The van der Waals surface area contributed by atoms with E-state index in [-0.39, 0.29) is 6.42 Å². The molecule has 0 radical (unpaired) electrons. The first-order valence-corrected chi connectivity index (χ1v) is 5.90. The monoisotopic (exact) mass is 236 g/mol. The average Bonchev–Trinajstić information content (AvgIpc) is 2.34. The second-order valence-corrected chi connectivity index (χ2v) is 4.10. The molecule has 0 aliphatic heterocycles. The van der Waals surface area contributed by atoms with E-state index in [1.54, 1.807) is 0 Å². The van der Waals surface area contributed by atoms with E-state index < -0.39 is 5.97 Å². The van der Waals surface area contributed by atoms with Gasteiger partial charge in [0.15, 0.2) is 0 Å². The lowest BCUT2D eigenvalue weighted by Gasteiger charge is -2.13. The molecular formula is C13H20N2O2. The van der Waals surface area contributed by atoms with E-state index in [0.29, 0.717) is 13.0 Å². The Morgan fingerprint density at radius 3 is 2.88 bits per heavy atom. The minimum absolute atomic E-state index is 0.183. The fourth-order valence-electron chi connectivity index (χ4n) is 1.64. The third-order valence-corrected chi connectivity index (χ3v) is 2.67. The van der Waals surface area contributed by atoms with Crippen LogP contribution in [0.15, 0.2) is 35.2 Å². The number of aliphatic carboxylic acids is 1. The topological polar surface area (TPSA) is 75.3 Å². The number of allylic oxidation sites excluding steroid dienone is 4. The lowest BCUT2D eigenvalue weighted by Crippen LogP contribution is -2.19. The Morgan fingerprint density at radius 1 is 1.53 bits per heavy atom. The van der Waals surface area contributed by atoms with E-state index >= 15 is 0 Å². The van der Waals surface area contributed by atoms with Crippen LogP contribution in [-0.2, 0) is 4.79 Å². The number of rotatable bonds is 6. The molecule has 0 heterocycles. The molecule has 0 unspecified atom stereocenters. The van der Waals surface area contributed by atoms with Gasteiger partial charge in [0.2, 0.25) is 0 Å². The van der Waals surface area contributed by atoms with Crippen molar-refractivity contribution < 1.29 is 9.90 Å². The van der Waals surface area contributed by atoms with Crippen LogP contribution in [0, 0.1) is 0 Å². The number of carboxylic acids is 1. The van der Waals surface area contributed by atoms with Crippen molar-refractivity contribution in [3.05, 3.63) is 35.2 Å². The number of hydrogen-bond acceptors (Lipinski definition) is 3. The van der Waals surface area contributed by atoms with Crippen LogP contribution in [0.3, 0.4) is 0 Å². The zero-order chi connectivity index (χ0) is 12.7. The predicted octanol–water partition coefficient (Wildman–Crippen LogP) is 1.91. The van der Waals surface area contributed by atoms with Gasteiger partial charge in [-0.1, -0.05) is 18.2 Å². The normalized spacial score (nSPS) is 16.2. The third kappa shape index (κ3) is 4.76. The van der Waals surface area contributed by atoms with E-state index in [1.165, 1.54) is 0 Å². The summed E-state index contributed by atoms with van der Waals surface area (Å²) in [5.41, 5.74) is 8.73. The lowest BCUT2D eigenvalue weighted by atomic mass is 10.0. The molecule has 0 aromatic carbocycles. The standard InChI is InChI=1S/C13H20N2O2/c1-10(15-9-5-8-12(16)17)13(14)11-6-3-2-4-7-11/h3,6-7,15H,2,4-5,8-9,14H2,1H3,(H,16,17)/b13-10-. The summed E-state index contributed by atoms with van der Waals surface area (Å²) in [7, 11) is 0. The first kappa shape index (κ1) is 13.4. The molecule has 1 rings (SSSR count). The van der Waals surface area contributed by atoms with Crippen molar-refractivity contribution in [2.24, 2.45) is 5.73 Å². The second kappa shape index (κ2) is 6.78. The molecule has 0 saturated heterocycles. The van der Waals surface area contributed by atoms with Crippen molar-refractivity contribution >= 4 is 5.97 Å². The van der Waals surface area contributed by atoms with Crippen LogP contribution in [-0.4, -0.2) is 17.6 Å². The highest BCUT2D eigenvalue weighted by Gasteiger charge is 2.04. The van der Waals surface area contributed by atoms with Gasteiger partial charge in [0.1, 0.15) is 0 Å². The number of carbonyl (C=O) groups is 1. The molecule has 0 atom stereocenters. The minimum atomic E-state index is -0.765. The van der Waals surface area contributed by atoms with Crippen LogP contribution in [0.25, 0.3) is 0 Å². The second-order valence-electron chi connectivity index (χ2n) is 4.10. The molecule has 0 saturated carbocycles. The molecule has 4 nitrogen and oxygen atoms in total. The molecule has 1 aliphatic rings. The molecule has 17 heavy (non-hydrogen) atoms. The molecular weight excluding hydrogens is 216 g/mol. The van der Waals surface area contributed by atoms with Crippen molar-refractivity contribution in [2.75, 3.05) is 6.54 Å². The highest BCUT2D eigenvalue weighted by Crippen LogP contribution is 2.16. The van der Waals surface area contributed by atoms with E-state index in [1.807, 2.05) is 13.0 Å². The molecule has 0 fully saturated rings. The van der Waals surface area contributed by atoms with Gasteiger partial charge in [-0.15, -0.1) is 0 Å². The molecule has 1 aliphatic carbocycles. The summed E-state index contributed by atoms with van der Waals surface area (Å²) in [5.74, 6) is -0.765. The largest absolute Gasteiger partial charge is 0.481 e. The zero-order valence-corrected chi connectivity index (χ0v) is 10.2. The summed E-state index contributed by atoms with van der Waals surface area (Å²) >= 11 is 0. The Labute approximate surface area is 102 Å². The molecule has 0 aromatic rings. The molecule has 94 valence electrons. The van der Waals surface area contributed by atoms with Crippen molar-refractivity contribution in [2.45, 2.75) is 32.6 Å². The summed E-state index contributed by atoms with van der Waals surface area (Å²) in [4.78, 5) is 10.3. The lowest BCUT2D eigenvalue weighted by molar-refractivity contribution is -0.137. The minimum Gasteiger partial charge on any atom is -0.481 e. The van der Waals surface area contributed by atoms with Crippen LogP contribution in [0.1, 0.15) is 32.6 Å². The highest BCUT2D eigenvalue weighted by molar-refractivity contribution is 5.66. The summed E-state index contributed by atoms with van der Waals surface area (Å²) in [5, 5.41) is 11.7. The molecule has 0 spiro atoms. The molecule has 4 N–H and O–H groups in total. The van der Waals surface area contributed by atoms with Crippen LogP contribution >= 0.6 is 0 Å². The number of hydrogen-bond donors (Lipinski definition) is 3. The molecule has 4 heteroatoms. The van der Waals surface area contributed by atoms with Gasteiger partial charge >= 0.3 is 5.97 Å². The van der Waals surface area contributed by atoms with Crippen LogP contribution in [0.4, 0.5) is 0 Å². The van der Waals surface area contributed by atoms with Gasteiger partial charge in [-0.2, -0.15) is 0 Å². The van der Waals surface area contributed by atoms with Gasteiger partial charge in [0.05, 0.1) is 5.70 Å². The number of carboxylic acid groups (broad SMARTS) is 1. The van der Waals surface area contributed by atoms with Gasteiger partial charge in [-0.25, -0.2) is 0 Å². The van der Waals surface area contributed by atoms with Crippen molar-refractivity contribution in [1.82, 2.24) is 5.32 Å². The summed E-state index contributed by atoms with van der Waals surface area (Å²) in [6.45, 7) is 2.55. The average molecular weight is 236 g/mol. The Balaban J connectivity index is 2.43. The predicted molar refractivity (Wildman–Crippen MR) is 68.2 cm³/mol. The Kier molecular flexibility index (Phi) is 5.33. The number of nitrogens with one attached hydrogen (secondary N) is 1. The van der Waals surface area contributed by atoms with Gasteiger partial charge in [0, 0.05) is 18.7 Å². The third-order valence-electron chi connectivity index (χ3n) is 2.67. The Bertz CT molecular complexity index is 368. The van der Waals surface area contributed by atoms with Crippen LogP contribution in [0.2, 0.25) is 0 Å². The van der Waals surface area contributed by atoms with Crippen molar-refractivity contribution in [1.29, 1.82) is 0 Å². The maximum Gasteiger partial charge on any atom is 0.303 e. The molecule has 0 bridgehead atoms. The van der Waals surface area contributed by atoms with E-state index in [4.69, 9.17) is 10.8 Å². The smallest absolute Gasteiger partial charge is 0.303 e. The summed E-state index contributed by atoms with van der Waals surface area (Å²) in [6.07, 6.45) is 9.15. The number of nitrogens with two attached hydrogens (primary N) is 1. The SMILES string of the molecule is C/C(NCCCC(=O)O)=C(/N)C1=CCCC=C1. The molecule has 0 amide bonds. The van der Waals surface area contributed by atoms with Gasteiger partial charge in [0.25, 0.3) is 0 Å². The Hall–Kier alpha value is -1.71. The highest BCUT2D eigenvalue weighted by atomic mass is 16.4. The first-order valence-electron chi connectivity index (χ1n) is 5.90. The maximum absolute atomic E-state index is 10.3. The van der Waals surface area contributed by atoms with Crippen molar-refractivity contribution in [3.63, 3.8) is 0 Å². The van der Waals surface area contributed by atoms with Gasteiger partial charge in [-0.3, -0.25) is 4.79 Å². The fourth-order valence-corrected chi connectivity index (χ4v) is 1.64. The van der Waals surface area contributed by atoms with Gasteiger partial charge in [-0.05, 0) is 31.8 Å². The quantitative estimate of drug-likeness (QED) is 0.616. The summed E-state index contributed by atoms with van der Waals surface area (Å²) in [6, 6.07) is 0. The molecule has 0 aromatic heterocycles.